The van der Waals surface area contributed by atoms with E-state index in [2.05, 4.69) is 4.98 Å². The Bertz CT molecular complexity index is 561. The topological polar surface area (TPSA) is 90.8 Å². The highest BCUT2D eigenvalue weighted by Crippen LogP contribution is 2.24. The van der Waals surface area contributed by atoms with Crippen molar-refractivity contribution in [2.75, 3.05) is 36.8 Å². The van der Waals surface area contributed by atoms with Gasteiger partial charge >= 0.3 is 5.97 Å². The third-order valence-corrected chi connectivity index (χ3v) is 5.90. The predicted octanol–water partition coefficient (Wildman–Crippen LogP) is 0.313. The average molecular weight is 305 g/mol. The summed E-state index contributed by atoms with van der Waals surface area (Å²) in [5.74, 6) is -0.885. The van der Waals surface area contributed by atoms with Crippen molar-refractivity contribution in [1.29, 1.82) is 0 Å². The van der Waals surface area contributed by atoms with E-state index in [1.807, 2.05) is 4.90 Å². The summed E-state index contributed by atoms with van der Waals surface area (Å²) < 4.78 is 24.9. The Balaban J connectivity index is 2.01. The largest absolute Gasteiger partial charge is 0.477 e. The number of rotatable bonds is 4. The van der Waals surface area contributed by atoms with Crippen LogP contribution in [0.4, 0.5) is 5.13 Å². The van der Waals surface area contributed by atoms with Gasteiger partial charge in [-0.2, -0.15) is 4.31 Å². The van der Waals surface area contributed by atoms with Crippen molar-refractivity contribution in [3.8, 4) is 0 Å². The van der Waals surface area contributed by atoms with Gasteiger partial charge in [0, 0.05) is 26.2 Å². The zero-order valence-corrected chi connectivity index (χ0v) is 12.1. The number of hydrogen-bond donors (Lipinski definition) is 1. The lowest BCUT2D eigenvalue weighted by Crippen LogP contribution is -2.49. The fourth-order valence-electron chi connectivity index (χ4n) is 1.85. The Hall–Kier alpha value is -1.19. The molecule has 0 aromatic carbocycles. The van der Waals surface area contributed by atoms with Crippen molar-refractivity contribution in [3.05, 3.63) is 11.1 Å². The van der Waals surface area contributed by atoms with Crippen LogP contribution in [0.5, 0.6) is 0 Å². The van der Waals surface area contributed by atoms with Gasteiger partial charge in [-0.15, -0.1) is 0 Å². The summed E-state index contributed by atoms with van der Waals surface area (Å²) in [5, 5.41) is 9.47. The van der Waals surface area contributed by atoms with Crippen LogP contribution in [-0.2, 0) is 10.0 Å². The van der Waals surface area contributed by atoms with Gasteiger partial charge in [0.2, 0.25) is 10.0 Å². The number of aromatic nitrogens is 1. The van der Waals surface area contributed by atoms with Crippen molar-refractivity contribution in [2.45, 2.75) is 6.92 Å². The highest BCUT2D eigenvalue weighted by Gasteiger charge is 2.26. The first-order chi connectivity index (χ1) is 8.94. The smallest absolute Gasteiger partial charge is 0.347 e. The quantitative estimate of drug-likeness (QED) is 0.861. The lowest BCUT2D eigenvalue weighted by Gasteiger charge is -2.33. The minimum atomic E-state index is -3.14. The Morgan fingerprint density at radius 3 is 2.53 bits per heavy atom. The molecule has 0 unspecified atom stereocenters. The highest BCUT2D eigenvalue weighted by molar-refractivity contribution is 7.89. The molecule has 1 aromatic rings. The third-order valence-electron chi connectivity index (χ3n) is 2.97. The number of piperazine rings is 1. The molecule has 1 saturated heterocycles. The lowest BCUT2D eigenvalue weighted by atomic mass is 10.4. The van der Waals surface area contributed by atoms with Crippen molar-refractivity contribution < 1.29 is 18.3 Å². The predicted molar refractivity (Wildman–Crippen MR) is 72.3 cm³/mol. The molecule has 1 fully saturated rings. The molecule has 0 radical (unpaired) electrons. The van der Waals surface area contributed by atoms with Crippen molar-refractivity contribution in [2.24, 2.45) is 0 Å². The molecule has 0 aliphatic carbocycles. The van der Waals surface area contributed by atoms with Crippen molar-refractivity contribution >= 4 is 32.5 Å². The van der Waals surface area contributed by atoms with E-state index in [-0.39, 0.29) is 10.6 Å². The maximum absolute atomic E-state index is 11.7. The van der Waals surface area contributed by atoms with E-state index in [9.17, 15) is 13.2 Å². The van der Waals surface area contributed by atoms with Gasteiger partial charge < -0.3 is 10.0 Å². The number of nitrogens with zero attached hydrogens (tertiary/aromatic N) is 3. The molecule has 9 heteroatoms. The normalized spacial score (nSPS) is 17.6. The summed E-state index contributed by atoms with van der Waals surface area (Å²) in [6.45, 7) is 3.52. The van der Waals surface area contributed by atoms with Gasteiger partial charge in [-0.3, -0.25) is 0 Å². The number of anilines is 1. The molecule has 7 nitrogen and oxygen atoms in total. The van der Waals surface area contributed by atoms with Crippen molar-refractivity contribution in [3.63, 3.8) is 0 Å². The first-order valence-electron chi connectivity index (χ1n) is 5.86. The van der Waals surface area contributed by atoms with E-state index < -0.39 is 16.0 Å². The van der Waals surface area contributed by atoms with Crippen LogP contribution >= 0.6 is 11.3 Å². The molecule has 106 valence electrons. The molecule has 1 aliphatic heterocycles. The van der Waals surface area contributed by atoms with Crippen LogP contribution in [0, 0.1) is 0 Å². The van der Waals surface area contributed by atoms with Gasteiger partial charge in [0.15, 0.2) is 5.13 Å². The second kappa shape index (κ2) is 5.43. The summed E-state index contributed by atoms with van der Waals surface area (Å²) in [6.07, 6.45) is 1.33. The molecule has 0 atom stereocenters. The number of sulfonamides is 1. The Kier molecular flexibility index (Phi) is 4.07. The highest BCUT2D eigenvalue weighted by atomic mass is 32.2. The summed E-state index contributed by atoms with van der Waals surface area (Å²) in [7, 11) is -3.14. The number of hydrogen-bond acceptors (Lipinski definition) is 6. The van der Waals surface area contributed by atoms with E-state index in [0.717, 1.165) is 11.3 Å². The molecule has 0 amide bonds. The number of carbonyl (C=O) groups is 1. The fourth-order valence-corrected chi connectivity index (χ4v) is 3.74. The lowest BCUT2D eigenvalue weighted by molar-refractivity contribution is 0.0702. The summed E-state index contributed by atoms with van der Waals surface area (Å²) in [4.78, 5) is 17.0. The van der Waals surface area contributed by atoms with Gasteiger partial charge in [-0.25, -0.2) is 18.2 Å². The molecular formula is C10H15N3O4S2. The van der Waals surface area contributed by atoms with Crippen LogP contribution in [0.1, 0.15) is 16.6 Å². The Labute approximate surface area is 115 Å². The third kappa shape index (κ3) is 3.04. The van der Waals surface area contributed by atoms with Crippen LogP contribution in [-0.4, -0.2) is 60.7 Å². The summed E-state index contributed by atoms with van der Waals surface area (Å²) in [5.41, 5.74) is 0. The molecule has 0 bridgehead atoms. The van der Waals surface area contributed by atoms with E-state index in [4.69, 9.17) is 5.11 Å². The molecule has 2 rings (SSSR count). The Morgan fingerprint density at radius 1 is 1.42 bits per heavy atom. The molecule has 19 heavy (non-hydrogen) atoms. The van der Waals surface area contributed by atoms with Gasteiger partial charge in [0.1, 0.15) is 4.88 Å². The van der Waals surface area contributed by atoms with Gasteiger partial charge in [-0.1, -0.05) is 11.3 Å². The second-order valence-corrected chi connectivity index (χ2v) is 7.37. The summed E-state index contributed by atoms with van der Waals surface area (Å²) in [6, 6.07) is 0. The second-order valence-electron chi connectivity index (χ2n) is 4.10. The zero-order chi connectivity index (χ0) is 14.0. The number of thiazole rings is 1. The van der Waals surface area contributed by atoms with Crippen molar-refractivity contribution in [1.82, 2.24) is 9.29 Å². The van der Waals surface area contributed by atoms with Gasteiger partial charge in [0.05, 0.1) is 11.9 Å². The molecular weight excluding hydrogens is 290 g/mol. The van der Waals surface area contributed by atoms with Crippen LogP contribution in [0.3, 0.4) is 0 Å². The summed E-state index contributed by atoms with van der Waals surface area (Å²) >= 11 is 1.11. The maximum atomic E-state index is 11.7. The monoisotopic (exact) mass is 305 g/mol. The minimum absolute atomic E-state index is 0.105. The van der Waals surface area contributed by atoms with Gasteiger partial charge in [-0.05, 0) is 6.92 Å². The molecule has 0 spiro atoms. The van der Waals surface area contributed by atoms with E-state index in [0.29, 0.717) is 31.3 Å². The Morgan fingerprint density at radius 2 is 2.05 bits per heavy atom. The molecule has 2 heterocycles. The fraction of sp³-hybridized carbons (Fsp3) is 0.600. The standard InChI is InChI=1S/C10H15N3O4S2/c1-2-19(16,17)13-5-3-12(4-6-13)10-11-7-8(18-10)9(14)15/h7H,2-6H2,1H3,(H,14,15). The SMILES string of the molecule is CCS(=O)(=O)N1CCN(c2ncc(C(=O)O)s2)CC1. The first-order valence-corrected chi connectivity index (χ1v) is 8.28. The molecule has 0 saturated carbocycles. The number of aromatic carboxylic acids is 1. The maximum Gasteiger partial charge on any atom is 0.347 e. The number of carboxylic acids is 1. The molecule has 1 aliphatic rings. The van der Waals surface area contributed by atoms with Crippen LogP contribution in [0.25, 0.3) is 0 Å². The van der Waals surface area contributed by atoms with Crippen LogP contribution in [0.2, 0.25) is 0 Å². The zero-order valence-electron chi connectivity index (χ0n) is 10.4. The van der Waals surface area contributed by atoms with E-state index in [1.54, 1.807) is 6.92 Å². The first kappa shape index (κ1) is 14.2. The van der Waals surface area contributed by atoms with E-state index >= 15 is 0 Å². The van der Waals surface area contributed by atoms with Crippen LogP contribution < -0.4 is 4.90 Å². The minimum Gasteiger partial charge on any atom is -0.477 e. The molecule has 1 aromatic heterocycles. The number of carboxylic acid groups (broad SMARTS) is 1. The molecule has 1 N–H and O–H groups in total. The van der Waals surface area contributed by atoms with E-state index in [1.165, 1.54) is 10.5 Å². The average Bonchev–Trinajstić information content (AvgIpc) is 2.88. The van der Waals surface area contributed by atoms with Gasteiger partial charge in [0.25, 0.3) is 0 Å². The van der Waals surface area contributed by atoms with Crippen LogP contribution in [0.15, 0.2) is 6.20 Å².